The molecule has 0 amide bonds. The molecule has 18 heteroatoms. The van der Waals surface area contributed by atoms with Crippen LogP contribution in [-0.4, -0.2) is 156 Å². The molecule has 8 aliphatic rings. The number of rotatable bonds is 10. The number of ether oxygens (including phenoxy) is 6. The molecule has 0 N–H and O–H groups in total. The second-order valence-corrected chi connectivity index (χ2v) is 21.9. The summed E-state index contributed by atoms with van der Waals surface area (Å²) in [6, 6.07) is 11.9. The van der Waals surface area contributed by atoms with E-state index in [2.05, 4.69) is 67.7 Å². The summed E-state index contributed by atoms with van der Waals surface area (Å²) >= 11 is 0. The first-order valence-electron chi connectivity index (χ1n) is 24.7. The second-order valence-electron chi connectivity index (χ2n) is 21.9. The average molecular weight is 945 g/mol. The lowest BCUT2D eigenvalue weighted by Crippen LogP contribution is -2.62. The summed E-state index contributed by atoms with van der Waals surface area (Å²) in [5, 5.41) is 15.5. The number of piperidine rings is 2. The number of likely N-dealkylation sites (tertiary alicyclic amines) is 2. The molecular formula is C50H66F2N8O8. The van der Waals surface area contributed by atoms with Crippen molar-refractivity contribution >= 4 is 12.0 Å². The van der Waals surface area contributed by atoms with Crippen molar-refractivity contribution in [3.63, 3.8) is 0 Å². The molecule has 0 saturated carbocycles. The van der Waals surface area contributed by atoms with Crippen LogP contribution in [0.15, 0.2) is 58.0 Å². The van der Waals surface area contributed by atoms with Crippen LogP contribution in [0.25, 0.3) is 0 Å². The lowest BCUT2D eigenvalue weighted by atomic mass is 9.86. The molecule has 68 heavy (non-hydrogen) atoms. The van der Waals surface area contributed by atoms with Crippen LogP contribution in [0.3, 0.4) is 0 Å². The third-order valence-corrected chi connectivity index (χ3v) is 15.8. The van der Waals surface area contributed by atoms with E-state index in [0.29, 0.717) is 49.2 Å². The zero-order chi connectivity index (χ0) is 46.7. The number of nitrogens with zero attached hydrogens (tertiary/aromatic N) is 8. The fraction of sp³-hybridized carbons (Fsp3) is 0.680. The SMILES string of the molecule is CC1(C)C[C@@H](Oc2ccc(F)cc2C2CCN([C@@H]3COC4(C3)CN(c3nnco3)C4)CC2)CO1.CC1(C)C[C@H](Oc2ccc(F)cc2C2CCN([C@@H]3COC4(C3)CN(c3nnco3)C4)CC2)CO1. The highest BCUT2D eigenvalue weighted by Crippen LogP contribution is 2.44. The molecule has 8 fully saturated rings. The number of benzene rings is 2. The molecule has 4 atom stereocenters. The second kappa shape index (κ2) is 18.4. The first-order chi connectivity index (χ1) is 32.8. The molecule has 2 aromatic heterocycles. The van der Waals surface area contributed by atoms with Crippen molar-refractivity contribution in [3.05, 3.63) is 71.9 Å². The molecule has 368 valence electrons. The molecule has 0 bridgehead atoms. The number of hydrogen-bond acceptors (Lipinski definition) is 16. The van der Waals surface area contributed by atoms with Crippen LogP contribution in [0.1, 0.15) is 102 Å². The average Bonchev–Trinajstić information content (AvgIpc) is 4.17. The van der Waals surface area contributed by atoms with Gasteiger partial charge in [-0.3, -0.25) is 9.80 Å². The monoisotopic (exact) mass is 944 g/mol. The van der Waals surface area contributed by atoms with E-state index in [0.717, 1.165) is 140 Å². The molecule has 16 nitrogen and oxygen atoms in total. The molecule has 8 saturated heterocycles. The van der Waals surface area contributed by atoms with Gasteiger partial charge in [0.2, 0.25) is 12.8 Å². The molecular weight excluding hydrogens is 879 g/mol. The first kappa shape index (κ1) is 46.0. The fourth-order valence-electron chi connectivity index (χ4n) is 12.3. The summed E-state index contributed by atoms with van der Waals surface area (Å²) in [4.78, 5) is 9.24. The Hall–Kier alpha value is -4.46. The van der Waals surface area contributed by atoms with E-state index in [1.165, 1.54) is 24.9 Å². The van der Waals surface area contributed by atoms with Crippen molar-refractivity contribution in [3.8, 4) is 11.5 Å². The third kappa shape index (κ3) is 9.82. The maximum Gasteiger partial charge on any atom is 0.318 e. The largest absolute Gasteiger partial charge is 0.488 e. The van der Waals surface area contributed by atoms with E-state index in [9.17, 15) is 8.78 Å². The maximum absolute atomic E-state index is 14.2. The number of aromatic nitrogens is 4. The van der Waals surface area contributed by atoms with Crippen LogP contribution in [0, 0.1) is 11.6 Å². The van der Waals surface area contributed by atoms with Gasteiger partial charge in [-0.25, -0.2) is 8.78 Å². The fourth-order valence-corrected chi connectivity index (χ4v) is 12.3. The van der Waals surface area contributed by atoms with Crippen molar-refractivity contribution in [2.24, 2.45) is 0 Å². The van der Waals surface area contributed by atoms with Gasteiger partial charge in [0, 0.05) is 36.1 Å². The summed E-state index contributed by atoms with van der Waals surface area (Å²) in [5.41, 5.74) is 1.46. The Balaban J connectivity index is 0.000000149. The number of halogens is 2. The molecule has 0 aliphatic carbocycles. The van der Waals surface area contributed by atoms with Crippen molar-refractivity contribution in [1.82, 2.24) is 30.2 Å². The Morgan fingerprint density at radius 2 is 0.956 bits per heavy atom. The predicted molar refractivity (Wildman–Crippen MR) is 245 cm³/mol. The van der Waals surface area contributed by atoms with E-state index in [-0.39, 0.29) is 46.2 Å². The molecule has 12 rings (SSSR count). The Morgan fingerprint density at radius 3 is 1.31 bits per heavy atom. The predicted octanol–water partition coefficient (Wildman–Crippen LogP) is 6.76. The van der Waals surface area contributed by atoms with Gasteiger partial charge in [0.05, 0.1) is 63.8 Å². The highest BCUT2D eigenvalue weighted by molar-refractivity contribution is 5.40. The molecule has 0 unspecified atom stereocenters. The molecule has 4 aromatic rings. The van der Waals surface area contributed by atoms with Crippen LogP contribution in [0.4, 0.5) is 20.8 Å². The van der Waals surface area contributed by atoms with Gasteiger partial charge >= 0.3 is 12.0 Å². The molecule has 8 aliphatic heterocycles. The summed E-state index contributed by atoms with van der Waals surface area (Å²) < 4.78 is 75.8. The summed E-state index contributed by atoms with van der Waals surface area (Å²) in [5.74, 6) is 1.81. The van der Waals surface area contributed by atoms with Gasteiger partial charge in [-0.05, 0) is 141 Å². The van der Waals surface area contributed by atoms with E-state index in [1.807, 2.05) is 0 Å². The van der Waals surface area contributed by atoms with Crippen LogP contribution >= 0.6 is 0 Å². The van der Waals surface area contributed by atoms with Crippen molar-refractivity contribution in [1.29, 1.82) is 0 Å². The van der Waals surface area contributed by atoms with E-state index >= 15 is 0 Å². The summed E-state index contributed by atoms with van der Waals surface area (Å²) in [6.07, 6.45) is 10.4. The van der Waals surface area contributed by atoms with Gasteiger partial charge in [0.1, 0.15) is 46.5 Å². The lowest BCUT2D eigenvalue weighted by molar-refractivity contribution is -0.0217. The minimum atomic E-state index is -0.199. The van der Waals surface area contributed by atoms with Gasteiger partial charge < -0.3 is 47.1 Å². The number of hydrogen-bond donors (Lipinski definition) is 0. The highest BCUT2D eigenvalue weighted by atomic mass is 19.1. The molecule has 2 spiro atoms. The van der Waals surface area contributed by atoms with E-state index in [1.54, 1.807) is 24.3 Å². The van der Waals surface area contributed by atoms with Crippen molar-refractivity contribution < 1.29 is 46.0 Å². The van der Waals surface area contributed by atoms with Crippen molar-refractivity contribution in [2.45, 2.75) is 138 Å². The minimum absolute atomic E-state index is 0.0142. The van der Waals surface area contributed by atoms with Gasteiger partial charge in [-0.2, -0.15) is 0 Å². The zero-order valence-corrected chi connectivity index (χ0v) is 39.8. The van der Waals surface area contributed by atoms with Gasteiger partial charge in [0.15, 0.2) is 0 Å². The summed E-state index contributed by atoms with van der Waals surface area (Å²) in [7, 11) is 0. The maximum atomic E-state index is 14.2. The molecule has 2 aromatic carbocycles. The van der Waals surface area contributed by atoms with Gasteiger partial charge in [-0.15, -0.1) is 10.2 Å². The Labute approximate surface area is 396 Å². The standard InChI is InChI=1S/2C25H33FN4O4/c2*1-24(2)11-20(13-32-24)34-22-4-3-18(26)9-21(22)17-5-7-29(8-6-17)19-10-25(33-12-19)14-30(15-25)23-28-27-16-31-23/h2*3-4,9,16-17,19-20H,5-8,10-15H2,1-2H3/t19-,20+;19-,20-/m00/s1. The summed E-state index contributed by atoms with van der Waals surface area (Å²) in [6.45, 7) is 18.1. The normalized spacial score (nSPS) is 29.0. The Morgan fingerprint density at radius 1 is 0.544 bits per heavy atom. The third-order valence-electron chi connectivity index (χ3n) is 15.8. The Kier molecular flexibility index (Phi) is 12.4. The van der Waals surface area contributed by atoms with E-state index in [4.69, 9.17) is 37.3 Å². The molecule has 10 heterocycles. The zero-order valence-electron chi connectivity index (χ0n) is 39.8. The van der Waals surface area contributed by atoms with Crippen LogP contribution < -0.4 is 19.3 Å². The Bertz CT molecular complexity index is 2170. The molecule has 0 radical (unpaired) electrons. The van der Waals surface area contributed by atoms with Crippen LogP contribution in [-0.2, 0) is 18.9 Å². The minimum Gasteiger partial charge on any atom is -0.488 e. The van der Waals surface area contributed by atoms with Gasteiger partial charge in [-0.1, -0.05) is 10.2 Å². The van der Waals surface area contributed by atoms with E-state index < -0.39 is 0 Å². The van der Waals surface area contributed by atoms with Crippen LogP contribution in [0.5, 0.6) is 11.5 Å². The first-order valence-corrected chi connectivity index (χ1v) is 24.7. The quantitative estimate of drug-likeness (QED) is 0.165. The number of anilines is 2. The lowest BCUT2D eigenvalue weighted by Gasteiger charge is -2.46. The van der Waals surface area contributed by atoms with Gasteiger partial charge in [0.25, 0.3) is 0 Å². The highest BCUT2D eigenvalue weighted by Gasteiger charge is 2.54. The smallest absolute Gasteiger partial charge is 0.318 e. The van der Waals surface area contributed by atoms with Crippen molar-refractivity contribution in [2.75, 3.05) is 88.6 Å². The van der Waals surface area contributed by atoms with Crippen LogP contribution in [0.2, 0.25) is 0 Å². The topological polar surface area (TPSA) is 146 Å².